The highest BCUT2D eigenvalue weighted by Gasteiger charge is 2.39. The number of nitrogens with zero attached hydrogens (tertiary/aromatic N) is 4. The number of alkyl halides is 3. The fraction of sp³-hybridized carbons (Fsp3) is 0.462. The number of fused-ring (bicyclic) bond motifs is 3. The fourth-order valence-corrected chi connectivity index (χ4v) is 5.79. The van der Waals surface area contributed by atoms with Crippen LogP contribution in [-0.4, -0.2) is 47.3 Å². The third kappa shape index (κ3) is 4.66. The van der Waals surface area contributed by atoms with Gasteiger partial charge in [-0.15, -0.1) is 17.5 Å². The number of aryl methyl sites for hydroxylation is 1. The van der Waals surface area contributed by atoms with E-state index in [9.17, 15) is 13.2 Å². The Kier molecular flexibility index (Phi) is 6.90. The number of halogens is 4. The Bertz CT molecular complexity index is 1220. The van der Waals surface area contributed by atoms with Crippen molar-refractivity contribution in [3.63, 3.8) is 0 Å². The second-order valence-electron chi connectivity index (χ2n) is 9.76. The first-order valence-corrected chi connectivity index (χ1v) is 11.8. The smallest absolute Gasteiger partial charge is 0.363 e. The number of hydrogen-bond acceptors (Lipinski definition) is 5. The quantitative estimate of drug-likeness (QED) is 0.461. The highest BCUT2D eigenvalue weighted by molar-refractivity contribution is 5.95. The number of likely N-dealkylation sites (tertiary alicyclic amines) is 1. The zero-order chi connectivity index (χ0) is 24.2. The van der Waals surface area contributed by atoms with Gasteiger partial charge in [0.15, 0.2) is 5.82 Å². The average molecular weight is 506 g/mol. The van der Waals surface area contributed by atoms with Crippen molar-refractivity contribution in [3.8, 4) is 0 Å². The predicted octanol–water partition coefficient (Wildman–Crippen LogP) is 6.14. The molecule has 3 heterocycles. The Morgan fingerprint density at radius 2 is 1.69 bits per heavy atom. The number of nitrogens with one attached hydrogen (secondary N) is 1. The number of likely N-dealkylation sites (N-methyl/N-ethyl adjacent to an activating group) is 1. The Labute approximate surface area is 210 Å². The SMILES string of the molecule is Cc1c(C(C)Nc2nnc(C)c3ccc(N4C5CCC4CN(C)C5)cc23)cccc1C(F)(F)F.Cl. The molecule has 3 aromatic rings. The molecule has 1 aromatic heterocycles. The van der Waals surface area contributed by atoms with Crippen LogP contribution >= 0.6 is 12.4 Å². The summed E-state index contributed by atoms with van der Waals surface area (Å²) in [5.41, 5.74) is 2.22. The van der Waals surface area contributed by atoms with Crippen LogP contribution in [0.2, 0.25) is 0 Å². The van der Waals surface area contributed by atoms with Gasteiger partial charge >= 0.3 is 6.18 Å². The maximum atomic E-state index is 13.4. The Balaban J connectivity index is 0.00000289. The summed E-state index contributed by atoms with van der Waals surface area (Å²) in [6.45, 7) is 7.42. The standard InChI is InChI=1S/C26H30F3N5.ClH/c1-15-21(6-5-7-24(15)26(27,28)29)16(2)30-25-23-12-18(10-11-22(23)17(3)31-32-25)34-19-8-9-20(34)14-33(4)13-19;/h5-7,10-12,16,19-20H,8-9,13-14H2,1-4H3,(H,30,32);1H. The van der Waals surface area contributed by atoms with Gasteiger partial charge in [-0.05, 0) is 70.0 Å². The van der Waals surface area contributed by atoms with Crippen molar-refractivity contribution in [1.82, 2.24) is 15.1 Å². The molecular formula is C26H31ClF3N5. The number of aromatic nitrogens is 2. The van der Waals surface area contributed by atoms with Crippen LogP contribution in [0.3, 0.4) is 0 Å². The molecule has 0 amide bonds. The molecule has 0 aliphatic carbocycles. The van der Waals surface area contributed by atoms with Gasteiger partial charge in [0.1, 0.15) is 0 Å². The van der Waals surface area contributed by atoms with E-state index in [1.807, 2.05) is 13.8 Å². The van der Waals surface area contributed by atoms with Crippen LogP contribution in [0.15, 0.2) is 36.4 Å². The highest BCUT2D eigenvalue weighted by atomic mass is 35.5. The van der Waals surface area contributed by atoms with Crippen LogP contribution in [0.1, 0.15) is 48.2 Å². The third-order valence-electron chi connectivity index (χ3n) is 7.41. The lowest BCUT2D eigenvalue weighted by Gasteiger charge is -2.41. The molecule has 3 atom stereocenters. The lowest BCUT2D eigenvalue weighted by Crippen LogP contribution is -2.52. The number of hydrogen-bond donors (Lipinski definition) is 1. The highest BCUT2D eigenvalue weighted by Crippen LogP contribution is 2.38. The first kappa shape index (κ1) is 25.5. The third-order valence-corrected chi connectivity index (χ3v) is 7.41. The van der Waals surface area contributed by atoms with Crippen molar-refractivity contribution in [2.45, 2.75) is 57.9 Å². The molecule has 9 heteroatoms. The zero-order valence-electron chi connectivity index (χ0n) is 20.4. The molecule has 0 radical (unpaired) electrons. The number of anilines is 2. The monoisotopic (exact) mass is 505 g/mol. The minimum absolute atomic E-state index is 0. The molecule has 2 saturated heterocycles. The van der Waals surface area contributed by atoms with Crippen LogP contribution < -0.4 is 10.2 Å². The van der Waals surface area contributed by atoms with Gasteiger partial charge in [0.05, 0.1) is 17.3 Å². The Hall–Kier alpha value is -2.58. The van der Waals surface area contributed by atoms with E-state index in [2.05, 4.69) is 50.6 Å². The van der Waals surface area contributed by atoms with Crippen LogP contribution in [-0.2, 0) is 6.18 Å². The largest absolute Gasteiger partial charge is 0.416 e. The van der Waals surface area contributed by atoms with Crippen molar-refractivity contribution in [2.24, 2.45) is 0 Å². The Morgan fingerprint density at radius 3 is 2.34 bits per heavy atom. The first-order chi connectivity index (χ1) is 16.1. The van der Waals surface area contributed by atoms with E-state index in [0.717, 1.165) is 35.6 Å². The Morgan fingerprint density at radius 1 is 1.00 bits per heavy atom. The van der Waals surface area contributed by atoms with E-state index in [1.165, 1.54) is 31.5 Å². The van der Waals surface area contributed by atoms with Crippen molar-refractivity contribution >= 4 is 34.7 Å². The summed E-state index contributed by atoms with van der Waals surface area (Å²) in [5, 5.41) is 14.0. The molecule has 2 aliphatic heterocycles. The van der Waals surface area contributed by atoms with Crippen LogP contribution in [0.25, 0.3) is 10.8 Å². The van der Waals surface area contributed by atoms with E-state index < -0.39 is 11.7 Å². The molecule has 2 aromatic carbocycles. The lowest BCUT2D eigenvalue weighted by atomic mass is 9.97. The lowest BCUT2D eigenvalue weighted by molar-refractivity contribution is -0.138. The molecule has 35 heavy (non-hydrogen) atoms. The molecule has 2 aliphatic rings. The summed E-state index contributed by atoms with van der Waals surface area (Å²) in [7, 11) is 2.18. The number of piperazine rings is 1. The zero-order valence-corrected chi connectivity index (χ0v) is 21.2. The van der Waals surface area contributed by atoms with Crippen molar-refractivity contribution in [1.29, 1.82) is 0 Å². The number of rotatable bonds is 4. The van der Waals surface area contributed by atoms with Gasteiger partial charge in [-0.25, -0.2) is 0 Å². The van der Waals surface area contributed by atoms with E-state index in [-0.39, 0.29) is 24.0 Å². The second-order valence-corrected chi connectivity index (χ2v) is 9.76. The summed E-state index contributed by atoms with van der Waals surface area (Å²) in [5.74, 6) is 0.591. The van der Waals surface area contributed by atoms with E-state index >= 15 is 0 Å². The number of benzene rings is 2. The molecule has 0 spiro atoms. The second kappa shape index (κ2) is 9.47. The van der Waals surface area contributed by atoms with Crippen LogP contribution in [0.5, 0.6) is 0 Å². The molecule has 1 N–H and O–H groups in total. The normalized spacial score (nSPS) is 21.2. The molecule has 2 bridgehead atoms. The van der Waals surface area contributed by atoms with E-state index in [0.29, 0.717) is 23.5 Å². The molecule has 188 valence electrons. The van der Waals surface area contributed by atoms with Gasteiger partial charge in [-0.1, -0.05) is 18.2 Å². The average Bonchev–Trinajstić information content (AvgIpc) is 3.05. The van der Waals surface area contributed by atoms with E-state index in [1.54, 1.807) is 6.07 Å². The molecule has 0 saturated carbocycles. The first-order valence-electron chi connectivity index (χ1n) is 11.8. The maximum absolute atomic E-state index is 13.4. The molecule has 2 fully saturated rings. The van der Waals surface area contributed by atoms with Gasteiger partial charge < -0.3 is 15.1 Å². The predicted molar refractivity (Wildman–Crippen MR) is 137 cm³/mol. The fourth-order valence-electron chi connectivity index (χ4n) is 5.79. The summed E-state index contributed by atoms with van der Waals surface area (Å²) >= 11 is 0. The summed E-state index contributed by atoms with van der Waals surface area (Å²) in [6.07, 6.45) is -2.00. The van der Waals surface area contributed by atoms with Gasteiger partial charge in [0.2, 0.25) is 0 Å². The molecule has 3 unspecified atom stereocenters. The van der Waals surface area contributed by atoms with Gasteiger partial charge in [-0.2, -0.15) is 18.3 Å². The molecule has 5 rings (SSSR count). The molecular weight excluding hydrogens is 475 g/mol. The van der Waals surface area contributed by atoms with Gasteiger partial charge in [0, 0.05) is 41.6 Å². The summed E-state index contributed by atoms with van der Waals surface area (Å²) in [6, 6.07) is 11.4. The summed E-state index contributed by atoms with van der Waals surface area (Å²) < 4.78 is 40.3. The van der Waals surface area contributed by atoms with Crippen LogP contribution in [0.4, 0.5) is 24.7 Å². The van der Waals surface area contributed by atoms with Gasteiger partial charge in [0.25, 0.3) is 0 Å². The maximum Gasteiger partial charge on any atom is 0.416 e. The summed E-state index contributed by atoms with van der Waals surface area (Å²) in [4.78, 5) is 4.95. The van der Waals surface area contributed by atoms with Crippen molar-refractivity contribution in [2.75, 3.05) is 30.4 Å². The topological polar surface area (TPSA) is 44.3 Å². The van der Waals surface area contributed by atoms with Crippen molar-refractivity contribution < 1.29 is 13.2 Å². The minimum atomic E-state index is -4.38. The van der Waals surface area contributed by atoms with Crippen molar-refractivity contribution in [3.05, 3.63) is 58.8 Å². The van der Waals surface area contributed by atoms with Crippen LogP contribution in [0, 0.1) is 13.8 Å². The minimum Gasteiger partial charge on any atom is -0.363 e. The van der Waals surface area contributed by atoms with Gasteiger partial charge in [-0.3, -0.25) is 0 Å². The van der Waals surface area contributed by atoms with E-state index in [4.69, 9.17) is 0 Å². The molecule has 5 nitrogen and oxygen atoms in total.